The molecule has 1 N–H and O–H groups in total. The molecule has 0 spiro atoms. The van der Waals surface area contributed by atoms with Crippen molar-refractivity contribution in [1.29, 1.82) is 0 Å². The Balaban J connectivity index is 2.08. The number of aliphatic hydroxyl groups is 1. The lowest BCUT2D eigenvalue weighted by Gasteiger charge is -2.18. The molecule has 1 aliphatic heterocycles. The molecule has 0 unspecified atom stereocenters. The van der Waals surface area contributed by atoms with E-state index in [0.29, 0.717) is 6.61 Å². The molecule has 1 rings (SSSR count). The zero-order chi connectivity index (χ0) is 6.53. The van der Waals surface area contributed by atoms with Crippen LogP contribution in [0.1, 0.15) is 19.3 Å². The molecule has 0 radical (unpaired) electrons. The Labute approximate surface area is 58.7 Å². The molecule has 0 aromatic rings. The molecule has 1 heterocycles. The highest BCUT2D eigenvalue weighted by atomic mass is 28.3. The van der Waals surface area contributed by atoms with Crippen molar-refractivity contribution < 1.29 is 5.11 Å². The first-order valence-corrected chi connectivity index (χ1v) is 6.49. The van der Waals surface area contributed by atoms with Crippen LogP contribution in [0.15, 0.2) is 0 Å². The van der Waals surface area contributed by atoms with Crippen LogP contribution in [0.3, 0.4) is 0 Å². The molecule has 54 valence electrons. The normalized spacial score (nSPS) is 22.3. The third kappa shape index (κ3) is 2.50. The second kappa shape index (κ2) is 4.07. The minimum atomic E-state index is -0.376. The first kappa shape index (κ1) is 7.29. The molecule has 0 atom stereocenters. The molecule has 1 fully saturated rings. The van der Waals surface area contributed by atoms with Crippen LogP contribution in [0.2, 0.25) is 18.1 Å². The molecule has 0 aromatic carbocycles. The minimum absolute atomic E-state index is 0.376. The zero-order valence-corrected chi connectivity index (χ0v) is 7.13. The molecule has 1 saturated heterocycles. The maximum atomic E-state index is 8.65. The van der Waals surface area contributed by atoms with Crippen LogP contribution in [0, 0.1) is 0 Å². The quantitative estimate of drug-likeness (QED) is 0.581. The van der Waals surface area contributed by atoms with E-state index in [9.17, 15) is 0 Å². The van der Waals surface area contributed by atoms with Gasteiger partial charge in [0.2, 0.25) is 0 Å². The van der Waals surface area contributed by atoms with E-state index in [-0.39, 0.29) is 8.80 Å². The van der Waals surface area contributed by atoms with Crippen LogP contribution in [0.25, 0.3) is 0 Å². The van der Waals surface area contributed by atoms with Gasteiger partial charge in [0.15, 0.2) is 0 Å². The van der Waals surface area contributed by atoms with E-state index in [1.807, 2.05) is 0 Å². The molecule has 9 heavy (non-hydrogen) atoms. The minimum Gasteiger partial charge on any atom is -0.397 e. The summed E-state index contributed by atoms with van der Waals surface area (Å²) >= 11 is 0. The highest BCUT2D eigenvalue weighted by Gasteiger charge is 2.13. The number of hydrogen-bond acceptors (Lipinski definition) is 1. The summed E-state index contributed by atoms with van der Waals surface area (Å²) in [6.07, 6.45) is 4.36. The second-order valence-corrected chi connectivity index (χ2v) is 6.48. The smallest absolute Gasteiger partial charge is 0.0405 e. The van der Waals surface area contributed by atoms with Crippen molar-refractivity contribution in [1.82, 2.24) is 0 Å². The highest BCUT2D eigenvalue weighted by molar-refractivity contribution is 6.59. The first-order valence-electron chi connectivity index (χ1n) is 4.04. The van der Waals surface area contributed by atoms with Gasteiger partial charge in [0.05, 0.1) is 0 Å². The van der Waals surface area contributed by atoms with Gasteiger partial charge in [0, 0.05) is 15.4 Å². The third-order valence-electron chi connectivity index (χ3n) is 2.26. The second-order valence-electron chi connectivity index (χ2n) is 3.02. The molecular formula is C7H16OSi. The van der Waals surface area contributed by atoms with Crippen molar-refractivity contribution in [2.75, 3.05) is 6.61 Å². The SMILES string of the molecule is OCC[SiH]1CCCCC1. The van der Waals surface area contributed by atoms with E-state index in [2.05, 4.69) is 0 Å². The summed E-state index contributed by atoms with van der Waals surface area (Å²) in [6, 6.07) is 4.18. The van der Waals surface area contributed by atoms with Gasteiger partial charge in [-0.15, -0.1) is 0 Å². The van der Waals surface area contributed by atoms with Crippen molar-refractivity contribution in [3.8, 4) is 0 Å². The van der Waals surface area contributed by atoms with Crippen LogP contribution in [0.4, 0.5) is 0 Å². The average molecular weight is 144 g/mol. The number of rotatable bonds is 2. The van der Waals surface area contributed by atoms with E-state index in [0.717, 1.165) is 0 Å². The molecule has 2 heteroatoms. The fourth-order valence-electron chi connectivity index (χ4n) is 1.66. The Morgan fingerprint density at radius 3 is 2.33 bits per heavy atom. The van der Waals surface area contributed by atoms with Crippen LogP contribution in [-0.4, -0.2) is 20.5 Å². The maximum absolute atomic E-state index is 8.65. The largest absolute Gasteiger partial charge is 0.397 e. The molecule has 0 bridgehead atoms. The Morgan fingerprint density at radius 2 is 1.78 bits per heavy atom. The van der Waals surface area contributed by atoms with Gasteiger partial charge in [-0.1, -0.05) is 31.4 Å². The van der Waals surface area contributed by atoms with Gasteiger partial charge in [-0.3, -0.25) is 0 Å². The lowest BCUT2D eigenvalue weighted by Crippen LogP contribution is -2.16. The number of aliphatic hydroxyl groups excluding tert-OH is 1. The van der Waals surface area contributed by atoms with E-state index in [1.54, 1.807) is 0 Å². The Hall–Kier alpha value is 0.177. The van der Waals surface area contributed by atoms with Gasteiger partial charge in [-0.2, -0.15) is 0 Å². The summed E-state index contributed by atoms with van der Waals surface area (Å²) < 4.78 is 0. The van der Waals surface area contributed by atoms with Gasteiger partial charge in [-0.25, -0.2) is 0 Å². The number of hydrogen-bond donors (Lipinski definition) is 1. The van der Waals surface area contributed by atoms with E-state index < -0.39 is 0 Å². The third-order valence-corrected chi connectivity index (χ3v) is 5.79. The fraction of sp³-hybridized carbons (Fsp3) is 1.00. The summed E-state index contributed by atoms with van der Waals surface area (Å²) in [6.45, 7) is 0.455. The van der Waals surface area contributed by atoms with Crippen LogP contribution >= 0.6 is 0 Å². The van der Waals surface area contributed by atoms with Crippen molar-refractivity contribution in [3.05, 3.63) is 0 Å². The van der Waals surface area contributed by atoms with E-state index in [1.165, 1.54) is 37.4 Å². The standard InChI is InChI=1S/C7H16OSi/c8-4-7-9-5-2-1-3-6-9/h8-9H,1-7H2. The van der Waals surface area contributed by atoms with E-state index >= 15 is 0 Å². The molecule has 0 amide bonds. The molecule has 1 nitrogen and oxygen atoms in total. The van der Waals surface area contributed by atoms with Crippen LogP contribution in [0.5, 0.6) is 0 Å². The summed E-state index contributed by atoms with van der Waals surface area (Å²) in [4.78, 5) is 0. The van der Waals surface area contributed by atoms with Crippen molar-refractivity contribution in [3.63, 3.8) is 0 Å². The predicted octanol–water partition coefficient (Wildman–Crippen LogP) is 1.39. The summed E-state index contributed by atoms with van der Waals surface area (Å²) in [5.41, 5.74) is 0. The lowest BCUT2D eigenvalue weighted by atomic mass is 10.3. The van der Waals surface area contributed by atoms with Crippen LogP contribution < -0.4 is 0 Å². The van der Waals surface area contributed by atoms with Gasteiger partial charge in [-0.05, 0) is 6.04 Å². The fourth-order valence-corrected chi connectivity index (χ4v) is 4.62. The van der Waals surface area contributed by atoms with Crippen molar-refractivity contribution in [2.45, 2.75) is 37.4 Å². The Bertz CT molecular complexity index is 66.6. The molecular weight excluding hydrogens is 128 g/mol. The maximum Gasteiger partial charge on any atom is 0.0405 e. The molecule has 1 aliphatic rings. The summed E-state index contributed by atoms with van der Waals surface area (Å²) in [5.74, 6) is 0. The topological polar surface area (TPSA) is 20.2 Å². The zero-order valence-electron chi connectivity index (χ0n) is 5.97. The Kier molecular flexibility index (Phi) is 3.29. The molecule has 0 aromatic heterocycles. The Morgan fingerprint density at radius 1 is 1.11 bits per heavy atom. The molecule has 0 saturated carbocycles. The monoisotopic (exact) mass is 144 g/mol. The molecule has 0 aliphatic carbocycles. The van der Waals surface area contributed by atoms with Crippen LogP contribution in [-0.2, 0) is 0 Å². The van der Waals surface area contributed by atoms with Gasteiger partial charge >= 0.3 is 0 Å². The lowest BCUT2D eigenvalue weighted by molar-refractivity contribution is 0.316. The predicted molar refractivity (Wildman–Crippen MR) is 42.5 cm³/mol. The van der Waals surface area contributed by atoms with Crippen molar-refractivity contribution in [2.24, 2.45) is 0 Å². The van der Waals surface area contributed by atoms with Gasteiger partial charge in [0.1, 0.15) is 0 Å². The van der Waals surface area contributed by atoms with Gasteiger partial charge in [0.25, 0.3) is 0 Å². The van der Waals surface area contributed by atoms with Gasteiger partial charge < -0.3 is 5.11 Å². The summed E-state index contributed by atoms with van der Waals surface area (Å²) in [7, 11) is -0.376. The average Bonchev–Trinajstić information content (AvgIpc) is 1.91. The summed E-state index contributed by atoms with van der Waals surface area (Å²) in [5, 5.41) is 8.65. The highest BCUT2D eigenvalue weighted by Crippen LogP contribution is 2.20. The first-order chi connectivity index (χ1) is 4.43. The van der Waals surface area contributed by atoms with Crippen molar-refractivity contribution >= 4 is 8.80 Å². The van der Waals surface area contributed by atoms with E-state index in [4.69, 9.17) is 5.11 Å².